The van der Waals surface area contributed by atoms with Gasteiger partial charge in [-0.2, -0.15) is 5.26 Å². The fourth-order valence-corrected chi connectivity index (χ4v) is 2.09. The molecule has 1 aromatic rings. The SMILES string of the molecule is N#CC1CN(C(=O)c2cc(N)ncc2Br)CCO1. The fraction of sp³-hybridized carbons (Fsp3) is 0.364. The van der Waals surface area contributed by atoms with Crippen LogP contribution in [0.4, 0.5) is 5.82 Å². The number of amides is 1. The summed E-state index contributed by atoms with van der Waals surface area (Å²) in [6.45, 7) is 1.10. The Bertz CT molecular complexity index is 514. The predicted octanol–water partition coefficient (Wildman–Crippen LogP) is 0.791. The standard InChI is InChI=1S/C11H11BrN4O2/c12-9-5-15-10(14)3-8(9)11(17)16-1-2-18-7(4-13)6-16/h3,5,7H,1-2,6H2,(H2,14,15). The van der Waals surface area contributed by atoms with Crippen LogP contribution in [0.2, 0.25) is 0 Å². The van der Waals surface area contributed by atoms with E-state index < -0.39 is 6.10 Å². The topological polar surface area (TPSA) is 92.2 Å². The van der Waals surface area contributed by atoms with Crippen LogP contribution in [0.15, 0.2) is 16.7 Å². The van der Waals surface area contributed by atoms with Crippen LogP contribution in [0.3, 0.4) is 0 Å². The lowest BCUT2D eigenvalue weighted by Gasteiger charge is -2.30. The third kappa shape index (κ3) is 2.60. The molecule has 1 aromatic heterocycles. The first-order valence-electron chi connectivity index (χ1n) is 5.33. The van der Waals surface area contributed by atoms with Crippen molar-refractivity contribution in [3.8, 4) is 6.07 Å². The van der Waals surface area contributed by atoms with Gasteiger partial charge in [0.25, 0.3) is 5.91 Å². The van der Waals surface area contributed by atoms with Gasteiger partial charge in [-0.05, 0) is 22.0 Å². The molecule has 0 bridgehead atoms. The number of aromatic nitrogens is 1. The third-order valence-electron chi connectivity index (χ3n) is 2.60. The Morgan fingerprint density at radius 2 is 2.50 bits per heavy atom. The molecule has 2 N–H and O–H groups in total. The molecule has 1 unspecified atom stereocenters. The fourth-order valence-electron chi connectivity index (χ4n) is 1.70. The van der Waals surface area contributed by atoms with E-state index in [-0.39, 0.29) is 18.3 Å². The van der Waals surface area contributed by atoms with Crippen LogP contribution in [0, 0.1) is 11.3 Å². The van der Waals surface area contributed by atoms with Crippen LogP contribution in [0.1, 0.15) is 10.4 Å². The highest BCUT2D eigenvalue weighted by molar-refractivity contribution is 9.10. The van der Waals surface area contributed by atoms with Gasteiger partial charge in [0.15, 0.2) is 6.10 Å². The number of carbonyl (C=O) groups excluding carboxylic acids is 1. The summed E-state index contributed by atoms with van der Waals surface area (Å²) in [7, 11) is 0. The Labute approximate surface area is 112 Å². The number of nitrogens with two attached hydrogens (primary N) is 1. The molecule has 6 nitrogen and oxygen atoms in total. The first kappa shape index (κ1) is 12.8. The third-order valence-corrected chi connectivity index (χ3v) is 3.24. The highest BCUT2D eigenvalue weighted by Crippen LogP contribution is 2.20. The molecule has 0 spiro atoms. The summed E-state index contributed by atoms with van der Waals surface area (Å²) < 4.78 is 5.78. The minimum Gasteiger partial charge on any atom is -0.384 e. The van der Waals surface area contributed by atoms with Crippen molar-refractivity contribution in [1.29, 1.82) is 5.26 Å². The predicted molar refractivity (Wildman–Crippen MR) is 67.6 cm³/mol. The molecule has 2 rings (SSSR count). The zero-order valence-electron chi connectivity index (χ0n) is 9.47. The number of nitriles is 1. The van der Waals surface area contributed by atoms with Gasteiger partial charge in [-0.3, -0.25) is 4.79 Å². The summed E-state index contributed by atoms with van der Waals surface area (Å²) in [5.41, 5.74) is 6.01. The van der Waals surface area contributed by atoms with Gasteiger partial charge in [-0.1, -0.05) is 0 Å². The van der Waals surface area contributed by atoms with E-state index in [1.807, 2.05) is 6.07 Å². The Hall–Kier alpha value is -1.65. The van der Waals surface area contributed by atoms with Crippen molar-refractivity contribution >= 4 is 27.7 Å². The zero-order chi connectivity index (χ0) is 13.1. The van der Waals surface area contributed by atoms with E-state index in [0.717, 1.165) is 0 Å². The molecule has 0 saturated carbocycles. The number of hydrogen-bond acceptors (Lipinski definition) is 5. The molecular weight excluding hydrogens is 300 g/mol. The van der Waals surface area contributed by atoms with Crippen LogP contribution in [-0.4, -0.2) is 41.6 Å². The Morgan fingerprint density at radius 3 is 3.22 bits per heavy atom. The number of morpholine rings is 1. The second-order valence-corrected chi connectivity index (χ2v) is 4.68. The normalized spacial score (nSPS) is 19.3. The molecule has 0 aliphatic carbocycles. The van der Waals surface area contributed by atoms with E-state index >= 15 is 0 Å². The number of nitrogen functional groups attached to an aromatic ring is 1. The van der Waals surface area contributed by atoms with Crippen molar-refractivity contribution in [3.05, 3.63) is 22.3 Å². The first-order valence-corrected chi connectivity index (χ1v) is 6.12. The van der Waals surface area contributed by atoms with Gasteiger partial charge in [0, 0.05) is 17.2 Å². The molecule has 18 heavy (non-hydrogen) atoms. The molecule has 1 fully saturated rings. The van der Waals surface area contributed by atoms with E-state index in [4.69, 9.17) is 15.7 Å². The smallest absolute Gasteiger partial charge is 0.255 e. The van der Waals surface area contributed by atoms with Crippen LogP contribution >= 0.6 is 15.9 Å². The Kier molecular flexibility index (Phi) is 3.79. The van der Waals surface area contributed by atoms with E-state index in [1.54, 1.807) is 4.90 Å². The van der Waals surface area contributed by atoms with Crippen molar-refractivity contribution in [2.75, 3.05) is 25.4 Å². The quantitative estimate of drug-likeness (QED) is 0.828. The van der Waals surface area contributed by atoms with Crippen molar-refractivity contribution in [3.63, 3.8) is 0 Å². The van der Waals surface area contributed by atoms with E-state index in [9.17, 15) is 4.79 Å². The van der Waals surface area contributed by atoms with Crippen molar-refractivity contribution in [1.82, 2.24) is 9.88 Å². The summed E-state index contributed by atoms with van der Waals surface area (Å²) in [4.78, 5) is 17.7. The number of hydrogen-bond donors (Lipinski definition) is 1. The van der Waals surface area contributed by atoms with E-state index in [2.05, 4.69) is 20.9 Å². The maximum absolute atomic E-state index is 12.3. The number of rotatable bonds is 1. The highest BCUT2D eigenvalue weighted by Gasteiger charge is 2.26. The molecule has 94 valence electrons. The van der Waals surface area contributed by atoms with Gasteiger partial charge in [0.1, 0.15) is 5.82 Å². The van der Waals surface area contributed by atoms with Gasteiger partial charge >= 0.3 is 0 Å². The summed E-state index contributed by atoms with van der Waals surface area (Å²) in [6.07, 6.45) is 0.922. The molecule has 2 heterocycles. The van der Waals surface area contributed by atoms with Gasteiger partial charge in [-0.25, -0.2) is 4.98 Å². The highest BCUT2D eigenvalue weighted by atomic mass is 79.9. The molecule has 1 aliphatic heterocycles. The number of anilines is 1. The average molecular weight is 311 g/mol. The number of halogens is 1. The van der Waals surface area contributed by atoms with Crippen LogP contribution in [0.25, 0.3) is 0 Å². The van der Waals surface area contributed by atoms with Crippen LogP contribution in [0.5, 0.6) is 0 Å². The molecular formula is C11H11BrN4O2. The maximum atomic E-state index is 12.3. The van der Waals surface area contributed by atoms with Crippen molar-refractivity contribution in [2.24, 2.45) is 0 Å². The maximum Gasteiger partial charge on any atom is 0.255 e. The lowest BCUT2D eigenvalue weighted by molar-refractivity contribution is 0.00342. The molecule has 1 saturated heterocycles. The van der Waals surface area contributed by atoms with Crippen molar-refractivity contribution < 1.29 is 9.53 Å². The minimum atomic E-state index is -0.569. The number of nitrogens with zero attached hydrogens (tertiary/aromatic N) is 3. The largest absolute Gasteiger partial charge is 0.384 e. The van der Waals surface area contributed by atoms with E-state index in [0.29, 0.717) is 23.2 Å². The summed E-state index contributed by atoms with van der Waals surface area (Å²) >= 11 is 3.27. The van der Waals surface area contributed by atoms with Gasteiger partial charge in [0.2, 0.25) is 0 Å². The molecule has 1 amide bonds. The first-order chi connectivity index (χ1) is 8.61. The Morgan fingerprint density at radius 1 is 1.72 bits per heavy atom. The summed E-state index contributed by atoms with van der Waals surface area (Å²) in [6, 6.07) is 3.52. The molecule has 0 radical (unpaired) electrons. The Balaban J connectivity index is 2.21. The van der Waals surface area contributed by atoms with E-state index in [1.165, 1.54) is 12.3 Å². The monoisotopic (exact) mass is 310 g/mol. The lowest BCUT2D eigenvalue weighted by atomic mass is 10.2. The van der Waals surface area contributed by atoms with Crippen LogP contribution < -0.4 is 5.73 Å². The minimum absolute atomic E-state index is 0.181. The van der Waals surface area contributed by atoms with Gasteiger partial charge in [0.05, 0.1) is 24.8 Å². The summed E-state index contributed by atoms with van der Waals surface area (Å²) in [5.74, 6) is 0.103. The summed E-state index contributed by atoms with van der Waals surface area (Å²) in [5, 5.41) is 8.81. The lowest BCUT2D eigenvalue weighted by Crippen LogP contribution is -2.45. The average Bonchev–Trinajstić information content (AvgIpc) is 2.41. The molecule has 7 heteroatoms. The molecule has 0 aromatic carbocycles. The van der Waals surface area contributed by atoms with Gasteiger partial charge < -0.3 is 15.4 Å². The second kappa shape index (κ2) is 5.33. The number of ether oxygens (including phenoxy) is 1. The van der Waals surface area contributed by atoms with Crippen molar-refractivity contribution in [2.45, 2.75) is 6.10 Å². The molecule has 1 atom stereocenters. The zero-order valence-corrected chi connectivity index (χ0v) is 11.1. The number of pyridine rings is 1. The second-order valence-electron chi connectivity index (χ2n) is 3.83. The number of carbonyl (C=O) groups is 1. The van der Waals surface area contributed by atoms with Gasteiger partial charge in [-0.15, -0.1) is 0 Å². The van der Waals surface area contributed by atoms with Crippen LogP contribution in [-0.2, 0) is 4.74 Å². The molecule has 1 aliphatic rings.